The maximum atomic E-state index is 12.1. The van der Waals surface area contributed by atoms with Gasteiger partial charge in [-0.05, 0) is 45.7 Å². The lowest BCUT2D eigenvalue weighted by Crippen LogP contribution is -2.26. The van der Waals surface area contributed by atoms with E-state index in [4.69, 9.17) is 4.74 Å². The average molecular weight is 404 g/mol. The molecule has 4 nitrogen and oxygen atoms in total. The molecule has 0 bridgehead atoms. The van der Waals surface area contributed by atoms with Crippen molar-refractivity contribution in [1.82, 2.24) is 5.32 Å². The number of amides is 1. The first kappa shape index (κ1) is 19.2. The highest BCUT2D eigenvalue weighted by Crippen LogP contribution is 2.44. The number of hydrogen-bond donors (Lipinski definition) is 1. The van der Waals surface area contributed by atoms with Gasteiger partial charge in [0.05, 0.1) is 4.88 Å². The topological polar surface area (TPSA) is 55.4 Å². The normalized spacial score (nSPS) is 12.6. The van der Waals surface area contributed by atoms with E-state index in [0.29, 0.717) is 24.4 Å². The third kappa shape index (κ3) is 4.15. The molecule has 1 aromatic heterocycles. The van der Waals surface area contributed by atoms with Crippen molar-refractivity contribution in [3.05, 3.63) is 87.6 Å². The number of thiophene rings is 1. The summed E-state index contributed by atoms with van der Waals surface area (Å²) in [4.78, 5) is 23.7. The van der Waals surface area contributed by atoms with Crippen LogP contribution in [-0.4, -0.2) is 25.5 Å². The Labute approximate surface area is 173 Å². The molecular weight excluding hydrogens is 382 g/mol. The maximum absolute atomic E-state index is 12.1. The van der Waals surface area contributed by atoms with Gasteiger partial charge in [-0.15, -0.1) is 11.3 Å². The summed E-state index contributed by atoms with van der Waals surface area (Å²) in [5, 5.41) is 4.67. The molecule has 0 saturated heterocycles. The number of ether oxygens (including phenoxy) is 1. The predicted octanol–water partition coefficient (Wildman–Crippen LogP) is 5.50. The molecule has 3 aromatic rings. The predicted molar refractivity (Wildman–Crippen MR) is 116 cm³/mol. The third-order valence-electron chi connectivity index (χ3n) is 5.06. The van der Waals surface area contributed by atoms with Gasteiger partial charge >= 0.3 is 6.09 Å². The second-order valence-corrected chi connectivity index (χ2v) is 7.75. The number of rotatable bonds is 7. The van der Waals surface area contributed by atoms with Gasteiger partial charge in [-0.1, -0.05) is 60.7 Å². The van der Waals surface area contributed by atoms with Gasteiger partial charge in [0.15, 0.2) is 6.29 Å². The van der Waals surface area contributed by atoms with E-state index in [9.17, 15) is 9.59 Å². The molecule has 0 atom stereocenters. The standard InChI is InChI=1S/C24H21NO3S/c26-15-23-17(12-14-29-23)7-5-6-13-25-24(27)28-16-22-20-10-3-1-8-18(20)19-9-2-4-11-21(19)22/h1-5,7-12,14-15,22H,6,13,16H2,(H,25,27). The molecule has 1 amide bonds. The van der Waals surface area contributed by atoms with Crippen LogP contribution in [0.4, 0.5) is 4.79 Å². The third-order valence-corrected chi connectivity index (χ3v) is 5.91. The number of benzene rings is 2. The van der Waals surface area contributed by atoms with Crippen LogP contribution in [0.5, 0.6) is 0 Å². The Morgan fingerprint density at radius 2 is 1.72 bits per heavy atom. The minimum atomic E-state index is -0.413. The van der Waals surface area contributed by atoms with Crippen LogP contribution in [-0.2, 0) is 4.74 Å². The second kappa shape index (κ2) is 8.88. The van der Waals surface area contributed by atoms with Crippen molar-refractivity contribution in [2.45, 2.75) is 12.3 Å². The van der Waals surface area contributed by atoms with E-state index in [2.05, 4.69) is 29.6 Å². The zero-order valence-electron chi connectivity index (χ0n) is 15.8. The zero-order chi connectivity index (χ0) is 20.1. The van der Waals surface area contributed by atoms with Gasteiger partial charge in [0.25, 0.3) is 0 Å². The molecule has 0 spiro atoms. The molecule has 1 heterocycles. The monoisotopic (exact) mass is 403 g/mol. The molecule has 29 heavy (non-hydrogen) atoms. The van der Waals surface area contributed by atoms with Crippen LogP contribution in [0, 0.1) is 0 Å². The number of aldehydes is 1. The minimum absolute atomic E-state index is 0.0633. The molecule has 5 heteroatoms. The highest BCUT2D eigenvalue weighted by atomic mass is 32.1. The maximum Gasteiger partial charge on any atom is 0.407 e. The Bertz CT molecular complexity index is 1010. The molecule has 0 aliphatic heterocycles. The summed E-state index contributed by atoms with van der Waals surface area (Å²) in [7, 11) is 0. The summed E-state index contributed by atoms with van der Waals surface area (Å²) < 4.78 is 5.51. The first-order valence-corrected chi connectivity index (χ1v) is 10.4. The van der Waals surface area contributed by atoms with Gasteiger partial charge in [-0.2, -0.15) is 0 Å². The van der Waals surface area contributed by atoms with E-state index in [0.717, 1.165) is 11.8 Å². The van der Waals surface area contributed by atoms with Gasteiger partial charge in [0.1, 0.15) is 6.61 Å². The molecule has 1 N–H and O–H groups in total. The molecule has 0 unspecified atom stereocenters. The second-order valence-electron chi connectivity index (χ2n) is 6.80. The SMILES string of the molecule is O=Cc1sccc1C=CCCNC(=O)OCC1c2ccccc2-c2ccccc21. The molecule has 4 rings (SSSR count). The number of carbonyl (C=O) groups is 2. The van der Waals surface area contributed by atoms with E-state index < -0.39 is 6.09 Å². The highest BCUT2D eigenvalue weighted by Gasteiger charge is 2.28. The van der Waals surface area contributed by atoms with Gasteiger partial charge in [-0.3, -0.25) is 4.79 Å². The Hall–Kier alpha value is -3.18. The Morgan fingerprint density at radius 3 is 2.41 bits per heavy atom. The molecule has 146 valence electrons. The van der Waals surface area contributed by atoms with E-state index in [1.807, 2.05) is 47.9 Å². The summed E-state index contributed by atoms with van der Waals surface area (Å²) in [6.07, 6.45) is 4.96. The van der Waals surface area contributed by atoms with Crippen LogP contribution < -0.4 is 5.32 Å². The van der Waals surface area contributed by atoms with Crippen LogP contribution in [0.15, 0.2) is 66.1 Å². The fraction of sp³-hybridized carbons (Fsp3) is 0.167. The lowest BCUT2D eigenvalue weighted by molar-refractivity contribution is 0.112. The first-order chi connectivity index (χ1) is 14.3. The molecule has 0 radical (unpaired) electrons. The Kier molecular flexibility index (Phi) is 5.86. The van der Waals surface area contributed by atoms with E-state index in [1.54, 1.807) is 0 Å². The van der Waals surface area contributed by atoms with E-state index in [1.165, 1.54) is 33.6 Å². The Morgan fingerprint density at radius 1 is 1.03 bits per heavy atom. The van der Waals surface area contributed by atoms with Crippen molar-refractivity contribution in [3.63, 3.8) is 0 Å². The van der Waals surface area contributed by atoms with Crippen molar-refractivity contribution in [2.24, 2.45) is 0 Å². The molecular formula is C24H21NO3S. The van der Waals surface area contributed by atoms with Crippen LogP contribution in [0.2, 0.25) is 0 Å². The van der Waals surface area contributed by atoms with Gasteiger partial charge in [0.2, 0.25) is 0 Å². The number of nitrogens with one attached hydrogen (secondary N) is 1. The summed E-state index contributed by atoms with van der Waals surface area (Å²) in [5.74, 6) is 0.0633. The number of carbonyl (C=O) groups excluding carboxylic acids is 2. The van der Waals surface area contributed by atoms with Crippen LogP contribution in [0.1, 0.15) is 38.7 Å². The molecule has 2 aromatic carbocycles. The zero-order valence-corrected chi connectivity index (χ0v) is 16.7. The Balaban J connectivity index is 1.28. The molecule has 0 fully saturated rings. The van der Waals surface area contributed by atoms with Crippen molar-refractivity contribution in [3.8, 4) is 11.1 Å². The van der Waals surface area contributed by atoms with E-state index in [-0.39, 0.29) is 5.92 Å². The van der Waals surface area contributed by atoms with Crippen LogP contribution >= 0.6 is 11.3 Å². The summed E-state index contributed by atoms with van der Waals surface area (Å²) in [5.41, 5.74) is 5.74. The fourth-order valence-electron chi connectivity index (χ4n) is 3.68. The summed E-state index contributed by atoms with van der Waals surface area (Å²) in [6, 6.07) is 18.5. The van der Waals surface area contributed by atoms with Crippen molar-refractivity contribution < 1.29 is 14.3 Å². The number of hydrogen-bond acceptors (Lipinski definition) is 4. The van der Waals surface area contributed by atoms with Gasteiger partial charge < -0.3 is 10.1 Å². The van der Waals surface area contributed by atoms with Gasteiger partial charge in [-0.25, -0.2) is 4.79 Å². The van der Waals surface area contributed by atoms with Crippen molar-refractivity contribution >= 4 is 29.8 Å². The first-order valence-electron chi connectivity index (χ1n) is 9.56. The highest BCUT2D eigenvalue weighted by molar-refractivity contribution is 7.11. The molecule has 1 aliphatic carbocycles. The fourth-order valence-corrected chi connectivity index (χ4v) is 4.37. The van der Waals surface area contributed by atoms with Crippen LogP contribution in [0.3, 0.4) is 0 Å². The summed E-state index contributed by atoms with van der Waals surface area (Å²) in [6.45, 7) is 0.793. The number of alkyl carbamates (subject to hydrolysis) is 1. The molecule has 1 aliphatic rings. The van der Waals surface area contributed by atoms with E-state index >= 15 is 0 Å². The van der Waals surface area contributed by atoms with Crippen molar-refractivity contribution in [2.75, 3.05) is 13.2 Å². The lowest BCUT2D eigenvalue weighted by atomic mass is 9.98. The molecule has 0 saturated carbocycles. The largest absolute Gasteiger partial charge is 0.449 e. The summed E-state index contributed by atoms with van der Waals surface area (Å²) >= 11 is 1.42. The van der Waals surface area contributed by atoms with Crippen LogP contribution in [0.25, 0.3) is 17.2 Å². The number of fused-ring (bicyclic) bond motifs is 3. The minimum Gasteiger partial charge on any atom is -0.449 e. The van der Waals surface area contributed by atoms with Crippen molar-refractivity contribution in [1.29, 1.82) is 0 Å². The lowest BCUT2D eigenvalue weighted by Gasteiger charge is -2.14. The quantitative estimate of drug-likeness (QED) is 0.418. The van der Waals surface area contributed by atoms with Gasteiger partial charge in [0, 0.05) is 12.5 Å². The smallest absolute Gasteiger partial charge is 0.407 e. The average Bonchev–Trinajstić information content (AvgIpc) is 3.34.